The van der Waals surface area contributed by atoms with E-state index in [1.165, 1.54) is 19.1 Å². The predicted molar refractivity (Wildman–Crippen MR) is 82.9 cm³/mol. The van der Waals surface area contributed by atoms with Crippen molar-refractivity contribution in [1.82, 2.24) is 0 Å². The molecule has 0 saturated carbocycles. The minimum absolute atomic E-state index is 0.0109. The van der Waals surface area contributed by atoms with Gasteiger partial charge >= 0.3 is 12.6 Å². The number of benzene rings is 2. The molecule has 0 aliphatic heterocycles. The molecule has 2 aromatic rings. The largest absolute Gasteiger partial charge is 0.449 e. The van der Waals surface area contributed by atoms with Crippen LogP contribution in [0.4, 0.5) is 23.2 Å². The fourth-order valence-electron chi connectivity index (χ4n) is 1.88. The first kappa shape index (κ1) is 19.2. The molecule has 9 heteroatoms. The zero-order valence-electron chi connectivity index (χ0n) is 13.3. The molecule has 0 fully saturated rings. The Balaban J connectivity index is 1.97. The molecular weight excluding hydrogens is 358 g/mol. The maximum atomic E-state index is 13.5. The Morgan fingerprint density at radius 2 is 1.69 bits per heavy atom. The van der Waals surface area contributed by atoms with Gasteiger partial charge in [-0.3, -0.25) is 4.79 Å². The van der Waals surface area contributed by atoms with E-state index in [1.807, 2.05) is 0 Å². The van der Waals surface area contributed by atoms with Crippen LogP contribution in [0.25, 0.3) is 0 Å². The summed E-state index contributed by atoms with van der Waals surface area (Å²) in [7, 11) is 0. The van der Waals surface area contributed by atoms with Crippen molar-refractivity contribution in [3.05, 3.63) is 59.7 Å². The number of nitrogens with one attached hydrogen (secondary N) is 1. The van der Waals surface area contributed by atoms with E-state index in [0.717, 1.165) is 30.3 Å². The molecule has 0 aliphatic carbocycles. The standard InChI is InChI=1S/C17H13F4NO4/c1-9(15(23)22-14-8-11(18)4-7-13(14)19)25-16(24)10-2-5-12(6-3-10)26-17(20)21/h2-9,17H,1H3,(H,22,23)/t9-/m1/s1. The molecule has 1 amide bonds. The minimum atomic E-state index is -3.00. The van der Waals surface area contributed by atoms with Gasteiger partial charge in [-0.1, -0.05) is 0 Å². The maximum Gasteiger partial charge on any atom is 0.387 e. The van der Waals surface area contributed by atoms with Gasteiger partial charge in [0.25, 0.3) is 5.91 Å². The summed E-state index contributed by atoms with van der Waals surface area (Å²) in [5.74, 6) is -3.54. The first-order valence-electron chi connectivity index (χ1n) is 7.28. The van der Waals surface area contributed by atoms with Crippen LogP contribution in [0.5, 0.6) is 5.75 Å². The highest BCUT2D eigenvalue weighted by molar-refractivity contribution is 5.97. The zero-order valence-corrected chi connectivity index (χ0v) is 13.3. The SMILES string of the molecule is C[C@@H](OC(=O)c1ccc(OC(F)F)cc1)C(=O)Nc1cc(F)ccc1F. The molecule has 2 aromatic carbocycles. The first-order valence-corrected chi connectivity index (χ1v) is 7.28. The molecule has 5 nitrogen and oxygen atoms in total. The van der Waals surface area contributed by atoms with E-state index in [0.29, 0.717) is 0 Å². The predicted octanol–water partition coefficient (Wildman–Crippen LogP) is 3.75. The number of carbonyl (C=O) groups excluding carboxylic acids is 2. The van der Waals surface area contributed by atoms with E-state index in [4.69, 9.17) is 4.74 Å². The monoisotopic (exact) mass is 371 g/mol. The number of ether oxygens (including phenoxy) is 2. The Labute approximate surface area is 145 Å². The summed E-state index contributed by atoms with van der Waals surface area (Å²) in [4.78, 5) is 23.9. The summed E-state index contributed by atoms with van der Waals surface area (Å²) >= 11 is 0. The highest BCUT2D eigenvalue weighted by Gasteiger charge is 2.20. The van der Waals surface area contributed by atoms with Gasteiger partial charge in [0.15, 0.2) is 6.10 Å². The number of halogens is 4. The number of esters is 1. The van der Waals surface area contributed by atoms with Crippen molar-refractivity contribution < 1.29 is 36.6 Å². The van der Waals surface area contributed by atoms with E-state index in [1.54, 1.807) is 0 Å². The van der Waals surface area contributed by atoms with Crippen molar-refractivity contribution in [2.75, 3.05) is 5.32 Å². The molecule has 0 aromatic heterocycles. The Kier molecular flexibility index (Phi) is 6.16. The normalized spacial score (nSPS) is 11.8. The molecule has 0 radical (unpaired) electrons. The molecule has 2 rings (SSSR count). The maximum absolute atomic E-state index is 13.5. The van der Waals surface area contributed by atoms with Crippen LogP contribution >= 0.6 is 0 Å². The lowest BCUT2D eigenvalue weighted by molar-refractivity contribution is -0.123. The smallest absolute Gasteiger partial charge is 0.387 e. The van der Waals surface area contributed by atoms with Gasteiger partial charge in [-0.25, -0.2) is 13.6 Å². The van der Waals surface area contributed by atoms with Crippen LogP contribution < -0.4 is 10.1 Å². The molecule has 1 atom stereocenters. The summed E-state index contributed by atoms with van der Waals surface area (Å²) in [6, 6.07) is 7.13. The van der Waals surface area contributed by atoms with E-state index < -0.39 is 41.9 Å². The van der Waals surface area contributed by atoms with Crippen LogP contribution in [0, 0.1) is 11.6 Å². The third kappa shape index (κ3) is 5.20. The second kappa shape index (κ2) is 8.32. The fourth-order valence-corrected chi connectivity index (χ4v) is 1.88. The van der Waals surface area contributed by atoms with Crippen LogP contribution in [0.3, 0.4) is 0 Å². The Morgan fingerprint density at radius 1 is 1.04 bits per heavy atom. The van der Waals surface area contributed by atoms with Crippen LogP contribution in [0.1, 0.15) is 17.3 Å². The first-order chi connectivity index (χ1) is 12.3. The Hall–Kier alpha value is -3.10. The average molecular weight is 371 g/mol. The lowest BCUT2D eigenvalue weighted by Crippen LogP contribution is -2.30. The van der Waals surface area contributed by atoms with Crippen molar-refractivity contribution in [2.24, 2.45) is 0 Å². The van der Waals surface area contributed by atoms with Gasteiger partial charge in [0.2, 0.25) is 0 Å². The van der Waals surface area contributed by atoms with Gasteiger partial charge in [0.1, 0.15) is 17.4 Å². The third-order valence-electron chi connectivity index (χ3n) is 3.15. The number of carbonyl (C=O) groups is 2. The minimum Gasteiger partial charge on any atom is -0.449 e. The zero-order chi connectivity index (χ0) is 19.3. The van der Waals surface area contributed by atoms with E-state index in [9.17, 15) is 27.2 Å². The topological polar surface area (TPSA) is 64.6 Å². The van der Waals surface area contributed by atoms with Crippen LogP contribution in [-0.2, 0) is 9.53 Å². The van der Waals surface area contributed by atoms with Gasteiger partial charge in [-0.2, -0.15) is 8.78 Å². The van der Waals surface area contributed by atoms with Crippen LogP contribution in [-0.4, -0.2) is 24.6 Å². The highest BCUT2D eigenvalue weighted by atomic mass is 19.3. The summed E-state index contributed by atoms with van der Waals surface area (Å²) in [5.41, 5.74) is -0.408. The molecule has 1 N–H and O–H groups in total. The van der Waals surface area contributed by atoms with Crippen molar-refractivity contribution in [3.8, 4) is 5.75 Å². The lowest BCUT2D eigenvalue weighted by Gasteiger charge is -2.14. The fraction of sp³-hybridized carbons (Fsp3) is 0.176. The van der Waals surface area contributed by atoms with Crippen LogP contribution in [0.15, 0.2) is 42.5 Å². The van der Waals surface area contributed by atoms with E-state index >= 15 is 0 Å². The van der Waals surface area contributed by atoms with E-state index in [2.05, 4.69) is 10.1 Å². The van der Waals surface area contributed by atoms with E-state index in [-0.39, 0.29) is 11.3 Å². The van der Waals surface area contributed by atoms with Gasteiger partial charge in [0, 0.05) is 6.07 Å². The lowest BCUT2D eigenvalue weighted by atomic mass is 10.2. The highest BCUT2D eigenvalue weighted by Crippen LogP contribution is 2.17. The molecule has 26 heavy (non-hydrogen) atoms. The van der Waals surface area contributed by atoms with Gasteiger partial charge in [0.05, 0.1) is 11.3 Å². The van der Waals surface area contributed by atoms with Crippen molar-refractivity contribution >= 4 is 17.6 Å². The molecule has 0 unspecified atom stereocenters. The average Bonchev–Trinajstić information content (AvgIpc) is 2.58. The third-order valence-corrected chi connectivity index (χ3v) is 3.15. The van der Waals surface area contributed by atoms with Gasteiger partial charge in [-0.05, 0) is 43.3 Å². The van der Waals surface area contributed by atoms with Gasteiger partial charge < -0.3 is 14.8 Å². The number of amides is 1. The molecular formula is C17H13F4NO4. The number of anilines is 1. The molecule has 138 valence electrons. The summed E-state index contributed by atoms with van der Waals surface area (Å²) in [5, 5.41) is 2.10. The second-order valence-electron chi connectivity index (χ2n) is 5.06. The number of alkyl halides is 2. The molecule has 0 spiro atoms. The second-order valence-corrected chi connectivity index (χ2v) is 5.06. The van der Waals surface area contributed by atoms with Crippen LogP contribution in [0.2, 0.25) is 0 Å². The van der Waals surface area contributed by atoms with Gasteiger partial charge in [-0.15, -0.1) is 0 Å². The van der Waals surface area contributed by atoms with Crippen molar-refractivity contribution in [2.45, 2.75) is 19.6 Å². The Bertz CT molecular complexity index is 796. The number of rotatable bonds is 6. The van der Waals surface area contributed by atoms with Crippen molar-refractivity contribution in [3.63, 3.8) is 0 Å². The summed E-state index contributed by atoms with van der Waals surface area (Å²) in [6.45, 7) is -1.77. The number of hydrogen-bond acceptors (Lipinski definition) is 4. The Morgan fingerprint density at radius 3 is 2.31 bits per heavy atom. The summed E-state index contributed by atoms with van der Waals surface area (Å²) < 4.78 is 59.7. The molecule has 0 saturated heterocycles. The number of hydrogen-bond donors (Lipinski definition) is 1. The van der Waals surface area contributed by atoms with Crippen molar-refractivity contribution in [1.29, 1.82) is 0 Å². The quantitative estimate of drug-likeness (QED) is 0.621. The molecule has 0 heterocycles. The summed E-state index contributed by atoms with van der Waals surface area (Å²) in [6.07, 6.45) is -1.32. The molecule has 0 bridgehead atoms. The molecule has 0 aliphatic rings.